The second kappa shape index (κ2) is 4.61. The van der Waals surface area contributed by atoms with E-state index in [2.05, 4.69) is 20.9 Å². The molecule has 0 atom stereocenters. The maximum atomic E-state index is 11.1. The molecule has 1 heterocycles. The number of carbonyl (C=O) groups is 1. The van der Waals surface area contributed by atoms with Crippen molar-refractivity contribution in [1.29, 1.82) is 0 Å². The number of aromatic nitrogens is 2. The lowest BCUT2D eigenvalue weighted by Gasteiger charge is -2.10. The van der Waals surface area contributed by atoms with Crippen molar-refractivity contribution in [3.63, 3.8) is 0 Å². The number of nitrogens with zero attached hydrogens (tertiary/aromatic N) is 2. The van der Waals surface area contributed by atoms with E-state index >= 15 is 0 Å². The molecule has 0 N–H and O–H groups in total. The number of halogens is 1. The van der Waals surface area contributed by atoms with Gasteiger partial charge in [-0.25, -0.2) is 4.98 Å². The van der Waals surface area contributed by atoms with Crippen LogP contribution in [0.3, 0.4) is 0 Å². The highest BCUT2D eigenvalue weighted by Crippen LogP contribution is 2.23. The fourth-order valence-electron chi connectivity index (χ4n) is 1.67. The molecule has 0 amide bonds. The minimum atomic E-state index is 0.648. The number of hydrogen-bond acceptors (Lipinski definition) is 2. The second-order valence-electron chi connectivity index (χ2n) is 3.36. The van der Waals surface area contributed by atoms with Crippen LogP contribution < -0.4 is 0 Å². The van der Waals surface area contributed by atoms with Gasteiger partial charge < -0.3 is 4.57 Å². The third-order valence-corrected chi connectivity index (χ3v) is 3.13. The van der Waals surface area contributed by atoms with Crippen molar-refractivity contribution in [3.05, 3.63) is 46.5 Å². The zero-order chi connectivity index (χ0) is 11.5. The lowest BCUT2D eigenvalue weighted by molar-refractivity contribution is 0.112. The van der Waals surface area contributed by atoms with Crippen LogP contribution >= 0.6 is 15.9 Å². The third kappa shape index (κ3) is 1.80. The van der Waals surface area contributed by atoms with Crippen molar-refractivity contribution in [3.8, 4) is 5.69 Å². The summed E-state index contributed by atoms with van der Waals surface area (Å²) in [5.74, 6) is 0.946. The van der Waals surface area contributed by atoms with Crippen LogP contribution in [0.4, 0.5) is 0 Å². The zero-order valence-corrected chi connectivity index (χ0v) is 10.4. The van der Waals surface area contributed by atoms with Gasteiger partial charge in [0.05, 0.1) is 11.3 Å². The molecule has 0 bridgehead atoms. The molecular formula is C12H11BrN2O. The molecule has 1 aromatic carbocycles. The smallest absolute Gasteiger partial charge is 0.153 e. The van der Waals surface area contributed by atoms with Crippen molar-refractivity contribution < 1.29 is 4.79 Å². The van der Waals surface area contributed by atoms with Gasteiger partial charge in [-0.15, -0.1) is 0 Å². The van der Waals surface area contributed by atoms with Gasteiger partial charge in [-0.3, -0.25) is 4.79 Å². The van der Waals surface area contributed by atoms with Crippen LogP contribution in [0, 0.1) is 0 Å². The Balaban J connectivity index is 2.64. The maximum absolute atomic E-state index is 11.1. The van der Waals surface area contributed by atoms with Gasteiger partial charge in [0, 0.05) is 23.3 Å². The van der Waals surface area contributed by atoms with Crippen molar-refractivity contribution in [2.24, 2.45) is 0 Å². The van der Waals surface area contributed by atoms with E-state index in [1.807, 2.05) is 35.9 Å². The van der Waals surface area contributed by atoms with Gasteiger partial charge >= 0.3 is 0 Å². The third-order valence-electron chi connectivity index (χ3n) is 2.44. The molecule has 0 saturated heterocycles. The summed E-state index contributed by atoms with van der Waals surface area (Å²) in [6.07, 6.45) is 5.30. The monoisotopic (exact) mass is 278 g/mol. The summed E-state index contributed by atoms with van der Waals surface area (Å²) in [6, 6.07) is 5.68. The predicted molar refractivity (Wildman–Crippen MR) is 66.0 cm³/mol. The maximum Gasteiger partial charge on any atom is 0.153 e. The molecule has 0 aliphatic carbocycles. The lowest BCUT2D eigenvalue weighted by Crippen LogP contribution is -2.03. The van der Waals surface area contributed by atoms with Gasteiger partial charge in [-0.1, -0.05) is 13.0 Å². The molecule has 0 aliphatic rings. The quantitative estimate of drug-likeness (QED) is 0.809. The summed E-state index contributed by atoms with van der Waals surface area (Å²) in [6.45, 7) is 2.04. The highest BCUT2D eigenvalue weighted by Gasteiger charge is 2.09. The number of imidazole rings is 1. The Bertz CT molecular complexity index is 519. The van der Waals surface area contributed by atoms with Gasteiger partial charge in [0.1, 0.15) is 5.82 Å². The molecule has 0 aliphatic heterocycles. The van der Waals surface area contributed by atoms with Crippen LogP contribution in [0.5, 0.6) is 0 Å². The molecular weight excluding hydrogens is 268 g/mol. The van der Waals surface area contributed by atoms with E-state index in [0.29, 0.717) is 5.56 Å². The van der Waals surface area contributed by atoms with Crippen LogP contribution in [0.15, 0.2) is 35.1 Å². The van der Waals surface area contributed by atoms with Crippen LogP contribution in [0.1, 0.15) is 23.1 Å². The number of benzene rings is 1. The van der Waals surface area contributed by atoms with E-state index < -0.39 is 0 Å². The summed E-state index contributed by atoms with van der Waals surface area (Å²) in [5, 5.41) is 0. The molecule has 0 radical (unpaired) electrons. The molecule has 0 unspecified atom stereocenters. The van der Waals surface area contributed by atoms with Crippen molar-refractivity contribution in [2.75, 3.05) is 0 Å². The van der Waals surface area contributed by atoms with Crippen molar-refractivity contribution in [2.45, 2.75) is 13.3 Å². The zero-order valence-electron chi connectivity index (χ0n) is 8.85. The van der Waals surface area contributed by atoms with E-state index in [-0.39, 0.29) is 0 Å². The van der Waals surface area contributed by atoms with Gasteiger partial charge in [-0.05, 0) is 28.1 Å². The minimum Gasteiger partial charge on any atom is -0.303 e. The summed E-state index contributed by atoms with van der Waals surface area (Å²) < 4.78 is 2.74. The summed E-state index contributed by atoms with van der Waals surface area (Å²) in [7, 11) is 0. The highest BCUT2D eigenvalue weighted by molar-refractivity contribution is 9.10. The van der Waals surface area contributed by atoms with Crippen LogP contribution in [0.25, 0.3) is 5.69 Å². The summed E-state index contributed by atoms with van der Waals surface area (Å²) >= 11 is 3.37. The van der Waals surface area contributed by atoms with E-state index in [0.717, 1.165) is 28.7 Å². The largest absolute Gasteiger partial charge is 0.303 e. The fourth-order valence-corrected chi connectivity index (χ4v) is 2.12. The molecule has 16 heavy (non-hydrogen) atoms. The Kier molecular flexibility index (Phi) is 3.19. The Morgan fingerprint density at radius 2 is 2.31 bits per heavy atom. The van der Waals surface area contributed by atoms with Gasteiger partial charge in [0.25, 0.3) is 0 Å². The second-order valence-corrected chi connectivity index (χ2v) is 4.21. The first-order valence-corrected chi connectivity index (χ1v) is 5.83. The molecule has 0 spiro atoms. The van der Waals surface area contributed by atoms with Gasteiger partial charge in [0.15, 0.2) is 6.29 Å². The van der Waals surface area contributed by atoms with Crippen LogP contribution in [-0.4, -0.2) is 15.8 Å². The Hall–Kier alpha value is -1.42. The van der Waals surface area contributed by atoms with Crippen LogP contribution in [-0.2, 0) is 6.42 Å². The normalized spacial score (nSPS) is 10.4. The molecule has 3 nitrogen and oxygen atoms in total. The first kappa shape index (κ1) is 11.1. The molecule has 0 fully saturated rings. The Labute approximate surface area is 102 Å². The van der Waals surface area contributed by atoms with Crippen LogP contribution in [0.2, 0.25) is 0 Å². The lowest BCUT2D eigenvalue weighted by atomic mass is 10.2. The number of hydrogen-bond donors (Lipinski definition) is 0. The predicted octanol–water partition coefficient (Wildman–Crippen LogP) is 3.01. The Morgan fingerprint density at radius 3 is 3.00 bits per heavy atom. The van der Waals surface area contributed by atoms with Crippen molar-refractivity contribution in [1.82, 2.24) is 9.55 Å². The highest BCUT2D eigenvalue weighted by atomic mass is 79.9. The van der Waals surface area contributed by atoms with E-state index in [1.54, 1.807) is 6.20 Å². The molecule has 1 aromatic heterocycles. The molecule has 2 rings (SSSR count). The fraction of sp³-hybridized carbons (Fsp3) is 0.167. The van der Waals surface area contributed by atoms with E-state index in [4.69, 9.17) is 0 Å². The average molecular weight is 279 g/mol. The average Bonchev–Trinajstić information content (AvgIpc) is 2.76. The Morgan fingerprint density at radius 1 is 1.50 bits per heavy atom. The molecule has 2 aromatic rings. The minimum absolute atomic E-state index is 0.648. The first-order valence-electron chi connectivity index (χ1n) is 5.04. The van der Waals surface area contributed by atoms with E-state index in [9.17, 15) is 4.79 Å². The summed E-state index contributed by atoms with van der Waals surface area (Å²) in [4.78, 5) is 15.3. The number of carbonyl (C=O) groups excluding carboxylic acids is 1. The van der Waals surface area contributed by atoms with Crippen molar-refractivity contribution >= 4 is 22.2 Å². The van der Waals surface area contributed by atoms with Gasteiger partial charge in [0.2, 0.25) is 0 Å². The summed E-state index contributed by atoms with van der Waals surface area (Å²) in [5.41, 5.74) is 1.51. The SMILES string of the molecule is CCc1nccn1-c1cccc(Br)c1C=O. The first-order chi connectivity index (χ1) is 7.77. The standard InChI is InChI=1S/C12H11BrN2O/c1-2-12-14-6-7-15(12)11-5-3-4-10(13)9(11)8-16/h3-8H,2H2,1H3. The topological polar surface area (TPSA) is 34.9 Å². The number of rotatable bonds is 3. The molecule has 4 heteroatoms. The number of aldehydes is 1. The van der Waals surface area contributed by atoms with Gasteiger partial charge in [-0.2, -0.15) is 0 Å². The molecule has 82 valence electrons. The number of aryl methyl sites for hydroxylation is 1. The van der Waals surface area contributed by atoms with E-state index in [1.165, 1.54) is 0 Å². The molecule has 0 saturated carbocycles.